The summed E-state index contributed by atoms with van der Waals surface area (Å²) < 4.78 is 2.95. The van der Waals surface area contributed by atoms with E-state index >= 15 is 0 Å². The molecule has 94 valence electrons. The van der Waals surface area contributed by atoms with E-state index in [0.717, 1.165) is 4.60 Å². The fraction of sp³-hybridized carbons (Fsp3) is 0.0909. The van der Waals surface area contributed by atoms with Crippen LogP contribution in [-0.4, -0.2) is 15.7 Å². The number of anilines is 1. The van der Waals surface area contributed by atoms with Gasteiger partial charge in [-0.1, -0.05) is 17.7 Å². The van der Waals surface area contributed by atoms with Crippen molar-refractivity contribution in [2.45, 2.75) is 6.54 Å². The van der Waals surface area contributed by atoms with Crippen LogP contribution in [0.25, 0.3) is 0 Å². The molecule has 0 aliphatic rings. The van der Waals surface area contributed by atoms with E-state index in [4.69, 9.17) is 11.6 Å². The first-order valence-electron chi connectivity index (χ1n) is 4.99. The topological polar surface area (TPSA) is 46.9 Å². The number of hydrogen-bond acceptors (Lipinski definition) is 2. The van der Waals surface area contributed by atoms with Crippen molar-refractivity contribution >= 4 is 55.1 Å². The Morgan fingerprint density at radius 2 is 2.17 bits per heavy atom. The summed E-state index contributed by atoms with van der Waals surface area (Å²) in [6, 6.07) is 8.76. The highest BCUT2D eigenvalue weighted by Crippen LogP contribution is 2.17. The number of hydrogen-bond donors (Lipinski definition) is 1. The zero-order chi connectivity index (χ0) is 13.1. The normalized spacial score (nSPS) is 10.4. The second-order valence-corrected chi connectivity index (χ2v) is 5.57. The molecule has 1 amide bonds. The quantitative estimate of drug-likeness (QED) is 0.864. The van der Waals surface area contributed by atoms with Crippen molar-refractivity contribution in [1.82, 2.24) is 9.78 Å². The molecular weight excluding hydrogens is 385 g/mol. The van der Waals surface area contributed by atoms with E-state index in [1.165, 1.54) is 0 Å². The van der Waals surface area contributed by atoms with Crippen LogP contribution >= 0.6 is 43.5 Å². The molecule has 0 saturated heterocycles. The van der Waals surface area contributed by atoms with E-state index < -0.39 is 0 Å². The van der Waals surface area contributed by atoms with Crippen molar-refractivity contribution in [3.63, 3.8) is 0 Å². The molecule has 4 nitrogen and oxygen atoms in total. The first-order valence-corrected chi connectivity index (χ1v) is 6.95. The summed E-state index contributed by atoms with van der Waals surface area (Å²) in [6.07, 6.45) is 0. The van der Waals surface area contributed by atoms with Gasteiger partial charge in [0.1, 0.15) is 15.8 Å². The van der Waals surface area contributed by atoms with Crippen LogP contribution in [-0.2, 0) is 11.3 Å². The lowest BCUT2D eigenvalue weighted by atomic mass is 10.3. The van der Waals surface area contributed by atoms with E-state index in [9.17, 15) is 4.79 Å². The molecule has 0 aliphatic carbocycles. The highest BCUT2D eigenvalue weighted by Gasteiger charge is 2.08. The van der Waals surface area contributed by atoms with Crippen LogP contribution in [0, 0.1) is 0 Å². The second-order valence-electron chi connectivity index (χ2n) is 3.51. The average Bonchev–Trinajstić information content (AvgIpc) is 2.57. The molecule has 0 unspecified atom stereocenters. The average molecular weight is 393 g/mol. The predicted molar refractivity (Wildman–Crippen MR) is 77.7 cm³/mol. The summed E-state index contributed by atoms with van der Waals surface area (Å²) in [4.78, 5) is 11.8. The lowest BCUT2D eigenvalue weighted by molar-refractivity contribution is -0.116. The number of nitrogens with one attached hydrogen (secondary N) is 1. The minimum Gasteiger partial charge on any atom is -0.324 e. The third-order valence-electron chi connectivity index (χ3n) is 2.10. The Balaban J connectivity index is 2.03. The molecule has 18 heavy (non-hydrogen) atoms. The van der Waals surface area contributed by atoms with Gasteiger partial charge in [0.05, 0.1) is 0 Å². The minimum absolute atomic E-state index is 0.124. The molecule has 1 heterocycles. The minimum atomic E-state index is -0.173. The molecular formula is C11H8Br2ClN3O. The van der Waals surface area contributed by atoms with Crippen molar-refractivity contribution in [3.05, 3.63) is 44.6 Å². The number of carbonyl (C=O) groups excluding carboxylic acids is 1. The molecule has 0 saturated carbocycles. The van der Waals surface area contributed by atoms with Gasteiger partial charge < -0.3 is 5.32 Å². The smallest absolute Gasteiger partial charge is 0.246 e. The van der Waals surface area contributed by atoms with E-state index in [0.29, 0.717) is 15.3 Å². The molecule has 2 rings (SSSR count). The fourth-order valence-corrected chi connectivity index (χ4v) is 2.71. The van der Waals surface area contributed by atoms with Crippen LogP contribution in [0.2, 0.25) is 5.02 Å². The third kappa shape index (κ3) is 3.57. The van der Waals surface area contributed by atoms with Gasteiger partial charge in [-0.05, 0) is 50.1 Å². The SMILES string of the molecule is O=C(Cn1nc(Br)cc1Br)Nc1cccc(Cl)c1. The molecule has 0 spiro atoms. The van der Waals surface area contributed by atoms with Crippen molar-refractivity contribution in [3.8, 4) is 0 Å². The Labute approximate surface area is 126 Å². The summed E-state index contributed by atoms with van der Waals surface area (Å²) in [6.45, 7) is 0.124. The maximum atomic E-state index is 11.8. The monoisotopic (exact) mass is 391 g/mol. The van der Waals surface area contributed by atoms with Gasteiger partial charge in [-0.2, -0.15) is 5.10 Å². The summed E-state index contributed by atoms with van der Waals surface area (Å²) >= 11 is 12.4. The summed E-state index contributed by atoms with van der Waals surface area (Å²) in [5.74, 6) is -0.173. The predicted octanol–water partition coefficient (Wildman–Crippen LogP) is 3.70. The van der Waals surface area contributed by atoms with Gasteiger partial charge in [-0.25, -0.2) is 4.68 Å². The Morgan fingerprint density at radius 1 is 1.39 bits per heavy atom. The first-order chi connectivity index (χ1) is 8.54. The Kier molecular flexibility index (Phi) is 4.42. The summed E-state index contributed by atoms with van der Waals surface area (Å²) in [7, 11) is 0. The highest BCUT2D eigenvalue weighted by molar-refractivity contribution is 9.11. The Hall–Kier alpha value is -0.850. The Bertz CT molecular complexity index is 585. The van der Waals surface area contributed by atoms with Gasteiger partial charge in [0.25, 0.3) is 0 Å². The van der Waals surface area contributed by atoms with Crippen molar-refractivity contribution in [2.75, 3.05) is 5.32 Å². The number of aromatic nitrogens is 2. The lowest BCUT2D eigenvalue weighted by Gasteiger charge is -2.06. The van der Waals surface area contributed by atoms with Gasteiger partial charge in [0, 0.05) is 16.8 Å². The van der Waals surface area contributed by atoms with Crippen LogP contribution in [0.4, 0.5) is 5.69 Å². The molecule has 2 aromatic rings. The molecule has 1 aromatic carbocycles. The largest absolute Gasteiger partial charge is 0.324 e. The van der Waals surface area contributed by atoms with Crippen LogP contribution < -0.4 is 5.32 Å². The number of nitrogens with zero attached hydrogens (tertiary/aromatic N) is 2. The lowest BCUT2D eigenvalue weighted by Crippen LogP contribution is -2.19. The zero-order valence-electron chi connectivity index (χ0n) is 9.03. The molecule has 1 aromatic heterocycles. The Morgan fingerprint density at radius 3 is 2.78 bits per heavy atom. The summed E-state index contributed by atoms with van der Waals surface area (Å²) in [5.41, 5.74) is 0.662. The molecule has 0 bridgehead atoms. The standard InChI is InChI=1S/C11H8Br2ClN3O/c12-9-5-10(13)17(16-9)6-11(18)15-8-3-1-2-7(14)4-8/h1-5H,6H2,(H,15,18). The van der Waals surface area contributed by atoms with Crippen molar-refractivity contribution in [2.24, 2.45) is 0 Å². The van der Waals surface area contributed by atoms with E-state index in [1.54, 1.807) is 35.0 Å². The molecule has 1 N–H and O–H groups in total. The maximum Gasteiger partial charge on any atom is 0.246 e. The van der Waals surface area contributed by atoms with Crippen molar-refractivity contribution in [1.29, 1.82) is 0 Å². The van der Waals surface area contributed by atoms with Gasteiger partial charge in [0.15, 0.2) is 0 Å². The van der Waals surface area contributed by atoms with Gasteiger partial charge in [0.2, 0.25) is 5.91 Å². The first kappa shape index (κ1) is 13.6. The number of carbonyl (C=O) groups is 1. The number of benzene rings is 1. The van der Waals surface area contributed by atoms with Crippen molar-refractivity contribution < 1.29 is 4.79 Å². The van der Waals surface area contributed by atoms with E-state index in [1.807, 2.05) is 0 Å². The molecule has 0 aliphatic heterocycles. The third-order valence-corrected chi connectivity index (χ3v) is 3.36. The second kappa shape index (κ2) is 5.86. The number of rotatable bonds is 3. The maximum absolute atomic E-state index is 11.8. The molecule has 0 radical (unpaired) electrons. The van der Waals surface area contributed by atoms with Gasteiger partial charge >= 0.3 is 0 Å². The van der Waals surface area contributed by atoms with Gasteiger partial charge in [-0.3, -0.25) is 4.79 Å². The number of amides is 1. The van der Waals surface area contributed by atoms with Crippen LogP contribution in [0.15, 0.2) is 39.5 Å². The number of halogens is 3. The van der Waals surface area contributed by atoms with Crippen LogP contribution in [0.3, 0.4) is 0 Å². The molecule has 7 heteroatoms. The van der Waals surface area contributed by atoms with E-state index in [2.05, 4.69) is 42.3 Å². The molecule has 0 fully saturated rings. The van der Waals surface area contributed by atoms with Crippen LogP contribution in [0.1, 0.15) is 0 Å². The van der Waals surface area contributed by atoms with Crippen LogP contribution in [0.5, 0.6) is 0 Å². The summed E-state index contributed by atoms with van der Waals surface area (Å²) in [5, 5.41) is 7.44. The fourth-order valence-electron chi connectivity index (χ4n) is 1.38. The zero-order valence-corrected chi connectivity index (χ0v) is 13.0. The van der Waals surface area contributed by atoms with Gasteiger partial charge in [-0.15, -0.1) is 0 Å². The van der Waals surface area contributed by atoms with E-state index in [-0.39, 0.29) is 12.5 Å². The molecule has 0 atom stereocenters. The highest BCUT2D eigenvalue weighted by atomic mass is 79.9.